The number of hydrogen-bond acceptors (Lipinski definition) is 3. The van der Waals surface area contributed by atoms with Crippen molar-refractivity contribution < 1.29 is 9.90 Å². The predicted molar refractivity (Wildman–Crippen MR) is 50.5 cm³/mol. The van der Waals surface area contributed by atoms with Gasteiger partial charge in [-0.25, -0.2) is 0 Å². The maximum atomic E-state index is 10.8. The Labute approximate surface area is 82.7 Å². The molecule has 0 atom stereocenters. The number of carboxylic acids is 1. The number of aliphatic carboxylic acids is 1. The van der Waals surface area contributed by atoms with Crippen molar-refractivity contribution in [3.63, 3.8) is 0 Å². The lowest BCUT2D eigenvalue weighted by atomic mass is 9.92. The number of rotatable bonds is 2. The smallest absolute Gasteiger partial charge is 0.314 e. The molecule has 1 aromatic heterocycles. The molecule has 66 valence electrons. The minimum Gasteiger partial charge on any atom is -0.481 e. The summed E-state index contributed by atoms with van der Waals surface area (Å²) in [5.41, 5.74) is -0.861. The molecule has 0 aliphatic carbocycles. The number of hydrogen-bond donors (Lipinski definition) is 1. The third kappa shape index (κ3) is 1.51. The van der Waals surface area contributed by atoms with Crippen LogP contribution < -0.4 is 0 Å². The molecule has 0 unspecified atom stereocenters. The highest BCUT2D eigenvalue weighted by Crippen LogP contribution is 2.33. The molecule has 12 heavy (non-hydrogen) atoms. The molecule has 0 aliphatic heterocycles. The van der Waals surface area contributed by atoms with Crippen LogP contribution in [0.3, 0.4) is 0 Å². The Kier molecular flexibility index (Phi) is 2.53. The first-order chi connectivity index (χ1) is 5.46. The van der Waals surface area contributed by atoms with Crippen LogP contribution in [0.5, 0.6) is 0 Å². The van der Waals surface area contributed by atoms with Crippen LogP contribution in [0.2, 0.25) is 0 Å². The lowest BCUT2D eigenvalue weighted by Gasteiger charge is -2.16. The van der Waals surface area contributed by atoms with E-state index in [1.807, 2.05) is 0 Å². The largest absolute Gasteiger partial charge is 0.481 e. The fraction of sp³-hybridized carbons (Fsp3) is 0.429. The number of carboxylic acid groups (broad SMARTS) is 1. The van der Waals surface area contributed by atoms with E-state index < -0.39 is 11.4 Å². The first-order valence-electron chi connectivity index (χ1n) is 3.30. The minimum absolute atomic E-state index is 0.745. The van der Waals surface area contributed by atoms with E-state index in [0.29, 0.717) is 0 Å². The Hall–Kier alpha value is -0.420. The van der Waals surface area contributed by atoms with Crippen molar-refractivity contribution in [3.8, 4) is 0 Å². The fourth-order valence-electron chi connectivity index (χ4n) is 0.737. The molecule has 1 rings (SSSR count). The molecule has 5 heteroatoms. The predicted octanol–water partition coefficient (Wildman–Crippen LogP) is 2.27. The van der Waals surface area contributed by atoms with E-state index in [1.54, 1.807) is 20.0 Å². The summed E-state index contributed by atoms with van der Waals surface area (Å²) >= 11 is 4.46. The molecule has 0 aromatic carbocycles. The third-order valence-corrected chi connectivity index (χ3v) is 3.62. The molecule has 0 bridgehead atoms. The summed E-state index contributed by atoms with van der Waals surface area (Å²) in [7, 11) is 0. The molecule has 0 amide bonds. The Bertz CT molecular complexity index is 308. The van der Waals surface area contributed by atoms with Gasteiger partial charge in [0.1, 0.15) is 0 Å². The molecule has 3 nitrogen and oxygen atoms in total. The van der Waals surface area contributed by atoms with Gasteiger partial charge in [-0.2, -0.15) is 4.37 Å². The monoisotopic (exact) mass is 249 g/mol. The SMILES string of the molecule is CC(C)(C(=O)O)c1sncc1Br. The van der Waals surface area contributed by atoms with Gasteiger partial charge in [0, 0.05) is 0 Å². The van der Waals surface area contributed by atoms with Gasteiger partial charge in [-0.15, -0.1) is 0 Å². The number of halogens is 1. The van der Waals surface area contributed by atoms with Crippen LogP contribution in [0, 0.1) is 0 Å². The van der Waals surface area contributed by atoms with E-state index in [1.165, 1.54) is 11.5 Å². The topological polar surface area (TPSA) is 50.2 Å². The molecule has 1 heterocycles. The number of aromatic nitrogens is 1. The average Bonchev–Trinajstić information content (AvgIpc) is 2.35. The van der Waals surface area contributed by atoms with Gasteiger partial charge < -0.3 is 5.11 Å². The first-order valence-corrected chi connectivity index (χ1v) is 4.87. The molecule has 0 spiro atoms. The Morgan fingerprint density at radius 2 is 2.33 bits per heavy atom. The maximum Gasteiger partial charge on any atom is 0.314 e. The van der Waals surface area contributed by atoms with Gasteiger partial charge >= 0.3 is 5.97 Å². The molecule has 0 saturated carbocycles. The zero-order chi connectivity index (χ0) is 9.35. The molecule has 1 N–H and O–H groups in total. The van der Waals surface area contributed by atoms with Gasteiger partial charge in [0.2, 0.25) is 0 Å². The zero-order valence-electron chi connectivity index (χ0n) is 6.67. The highest BCUT2D eigenvalue weighted by Gasteiger charge is 2.33. The third-order valence-electron chi connectivity index (χ3n) is 1.63. The lowest BCUT2D eigenvalue weighted by Crippen LogP contribution is -2.27. The maximum absolute atomic E-state index is 10.8. The summed E-state index contributed by atoms with van der Waals surface area (Å²) in [6, 6.07) is 0. The van der Waals surface area contributed by atoms with Crippen LogP contribution in [-0.4, -0.2) is 15.4 Å². The van der Waals surface area contributed by atoms with Crippen molar-refractivity contribution in [2.45, 2.75) is 19.3 Å². The summed E-state index contributed by atoms with van der Waals surface area (Å²) < 4.78 is 4.67. The summed E-state index contributed by atoms with van der Waals surface area (Å²) in [6.07, 6.45) is 1.62. The van der Waals surface area contributed by atoms with Gasteiger partial charge in [0.25, 0.3) is 0 Å². The zero-order valence-corrected chi connectivity index (χ0v) is 9.07. The van der Waals surface area contributed by atoms with Gasteiger partial charge in [-0.05, 0) is 41.3 Å². The van der Waals surface area contributed by atoms with Crippen LogP contribution in [0.4, 0.5) is 0 Å². The average molecular weight is 250 g/mol. The second kappa shape index (κ2) is 3.14. The summed E-state index contributed by atoms with van der Waals surface area (Å²) in [5, 5.41) is 8.90. The molecule has 0 saturated heterocycles. The highest BCUT2D eigenvalue weighted by molar-refractivity contribution is 9.10. The first kappa shape index (κ1) is 9.67. The Morgan fingerprint density at radius 1 is 1.75 bits per heavy atom. The van der Waals surface area contributed by atoms with Crippen LogP contribution in [0.15, 0.2) is 10.7 Å². The number of nitrogens with zero attached hydrogens (tertiary/aromatic N) is 1. The van der Waals surface area contributed by atoms with Gasteiger partial charge in [0.15, 0.2) is 0 Å². The molecule has 0 fully saturated rings. The van der Waals surface area contributed by atoms with Crippen LogP contribution in [0.25, 0.3) is 0 Å². The normalized spacial score (nSPS) is 11.6. The van der Waals surface area contributed by atoms with Crippen molar-refractivity contribution in [2.24, 2.45) is 0 Å². The van der Waals surface area contributed by atoms with E-state index in [4.69, 9.17) is 5.11 Å². The van der Waals surface area contributed by atoms with E-state index in [9.17, 15) is 4.79 Å². The molecule has 1 aromatic rings. The van der Waals surface area contributed by atoms with Crippen molar-refractivity contribution in [3.05, 3.63) is 15.5 Å². The quantitative estimate of drug-likeness (QED) is 0.875. The number of carbonyl (C=O) groups is 1. The second-order valence-electron chi connectivity index (χ2n) is 2.93. The summed E-state index contributed by atoms with van der Waals surface area (Å²) in [6.45, 7) is 3.32. The van der Waals surface area contributed by atoms with Crippen LogP contribution >= 0.6 is 27.5 Å². The van der Waals surface area contributed by atoms with Crippen molar-refractivity contribution in [1.82, 2.24) is 4.37 Å². The van der Waals surface area contributed by atoms with Crippen LogP contribution in [-0.2, 0) is 10.2 Å². The fourth-order valence-corrected chi connectivity index (χ4v) is 2.41. The Balaban J connectivity index is 3.13. The molecule has 0 aliphatic rings. The van der Waals surface area contributed by atoms with Gasteiger partial charge in [-0.1, -0.05) is 0 Å². The Morgan fingerprint density at radius 3 is 2.67 bits per heavy atom. The minimum atomic E-state index is -0.861. The van der Waals surface area contributed by atoms with Crippen molar-refractivity contribution in [1.29, 1.82) is 0 Å². The van der Waals surface area contributed by atoms with Crippen molar-refractivity contribution >= 4 is 33.4 Å². The van der Waals surface area contributed by atoms with Crippen molar-refractivity contribution in [2.75, 3.05) is 0 Å². The van der Waals surface area contributed by atoms with E-state index in [0.717, 1.165) is 9.35 Å². The lowest BCUT2D eigenvalue weighted by molar-refractivity contribution is -0.142. The summed E-state index contributed by atoms with van der Waals surface area (Å²) in [4.78, 5) is 11.6. The standard InChI is InChI=1S/C7H8BrNO2S/c1-7(2,6(10)11)5-4(8)3-9-12-5/h3H,1-2H3,(H,10,11). The summed E-state index contributed by atoms with van der Waals surface area (Å²) in [5.74, 6) is -0.840. The van der Waals surface area contributed by atoms with E-state index >= 15 is 0 Å². The van der Waals surface area contributed by atoms with Crippen LogP contribution in [0.1, 0.15) is 18.7 Å². The highest BCUT2D eigenvalue weighted by atomic mass is 79.9. The van der Waals surface area contributed by atoms with Gasteiger partial charge in [-0.3, -0.25) is 4.79 Å². The van der Waals surface area contributed by atoms with E-state index in [-0.39, 0.29) is 0 Å². The van der Waals surface area contributed by atoms with E-state index in [2.05, 4.69) is 20.3 Å². The molecular weight excluding hydrogens is 242 g/mol. The molecule has 0 radical (unpaired) electrons. The second-order valence-corrected chi connectivity index (χ2v) is 4.59. The molecular formula is C7H8BrNO2S. The van der Waals surface area contributed by atoms with Gasteiger partial charge in [0.05, 0.1) is 21.0 Å².